The fourth-order valence-corrected chi connectivity index (χ4v) is 1.71. The number of urea groups is 1. The van der Waals surface area contributed by atoms with E-state index in [4.69, 9.17) is 5.11 Å². The SMILES string of the molecule is CCNC(=O)c1ccc(NC(=O)NC(C)(C)CO)c(C)c1. The maximum absolute atomic E-state index is 11.8. The summed E-state index contributed by atoms with van der Waals surface area (Å²) in [5.41, 5.74) is 1.26. The first-order chi connectivity index (χ1) is 9.79. The van der Waals surface area contributed by atoms with E-state index in [-0.39, 0.29) is 12.5 Å². The molecule has 116 valence electrons. The van der Waals surface area contributed by atoms with E-state index in [1.165, 1.54) is 0 Å². The van der Waals surface area contributed by atoms with Crippen LogP contribution in [0.4, 0.5) is 10.5 Å². The summed E-state index contributed by atoms with van der Waals surface area (Å²) in [7, 11) is 0. The average Bonchev–Trinajstić information content (AvgIpc) is 2.40. The number of aliphatic hydroxyl groups is 1. The highest BCUT2D eigenvalue weighted by atomic mass is 16.3. The molecule has 3 amide bonds. The van der Waals surface area contributed by atoms with E-state index in [1.54, 1.807) is 32.0 Å². The van der Waals surface area contributed by atoms with Crippen LogP contribution in [0.25, 0.3) is 0 Å². The zero-order valence-electron chi connectivity index (χ0n) is 12.9. The summed E-state index contributed by atoms with van der Waals surface area (Å²) in [6.07, 6.45) is 0. The van der Waals surface area contributed by atoms with Crippen molar-refractivity contribution in [1.82, 2.24) is 10.6 Å². The predicted octanol–water partition coefficient (Wildman–Crippen LogP) is 1.64. The summed E-state index contributed by atoms with van der Waals surface area (Å²) in [6, 6.07) is 4.66. The number of nitrogens with one attached hydrogen (secondary N) is 3. The van der Waals surface area contributed by atoms with Gasteiger partial charge in [-0.25, -0.2) is 4.79 Å². The van der Waals surface area contributed by atoms with E-state index in [0.29, 0.717) is 17.8 Å². The summed E-state index contributed by atoms with van der Waals surface area (Å²) in [5.74, 6) is -0.141. The van der Waals surface area contributed by atoms with Gasteiger partial charge in [-0.2, -0.15) is 0 Å². The number of carbonyl (C=O) groups is 2. The molecule has 4 N–H and O–H groups in total. The molecule has 0 aliphatic rings. The van der Waals surface area contributed by atoms with Crippen molar-refractivity contribution in [3.63, 3.8) is 0 Å². The van der Waals surface area contributed by atoms with Crippen LogP contribution in [0.1, 0.15) is 36.7 Å². The van der Waals surface area contributed by atoms with Gasteiger partial charge in [-0.15, -0.1) is 0 Å². The van der Waals surface area contributed by atoms with Crippen molar-refractivity contribution in [2.45, 2.75) is 33.2 Å². The normalized spacial score (nSPS) is 10.9. The number of rotatable bonds is 5. The Kier molecular flexibility index (Phi) is 5.72. The number of amides is 3. The van der Waals surface area contributed by atoms with Gasteiger partial charge < -0.3 is 21.1 Å². The van der Waals surface area contributed by atoms with Crippen LogP contribution < -0.4 is 16.0 Å². The van der Waals surface area contributed by atoms with Gasteiger partial charge in [0.25, 0.3) is 5.91 Å². The minimum Gasteiger partial charge on any atom is -0.394 e. The summed E-state index contributed by atoms with van der Waals surface area (Å²) in [4.78, 5) is 23.6. The number of aryl methyl sites for hydroxylation is 1. The number of hydrogen-bond donors (Lipinski definition) is 4. The highest BCUT2D eigenvalue weighted by Crippen LogP contribution is 2.16. The van der Waals surface area contributed by atoms with Crippen molar-refractivity contribution >= 4 is 17.6 Å². The van der Waals surface area contributed by atoms with Crippen molar-refractivity contribution < 1.29 is 14.7 Å². The first-order valence-corrected chi connectivity index (χ1v) is 6.88. The summed E-state index contributed by atoms with van der Waals surface area (Å²) in [6.45, 7) is 7.52. The summed E-state index contributed by atoms with van der Waals surface area (Å²) >= 11 is 0. The molecule has 21 heavy (non-hydrogen) atoms. The Bertz CT molecular complexity index is 527. The van der Waals surface area contributed by atoms with Gasteiger partial charge in [-0.3, -0.25) is 4.79 Å². The molecule has 0 atom stereocenters. The van der Waals surface area contributed by atoms with Crippen LogP contribution in [0.2, 0.25) is 0 Å². The quantitative estimate of drug-likeness (QED) is 0.665. The largest absolute Gasteiger partial charge is 0.394 e. The van der Waals surface area contributed by atoms with E-state index in [2.05, 4.69) is 16.0 Å². The maximum Gasteiger partial charge on any atom is 0.319 e. The molecule has 0 saturated carbocycles. The topological polar surface area (TPSA) is 90.5 Å². The molecule has 1 rings (SSSR count). The monoisotopic (exact) mass is 293 g/mol. The van der Waals surface area contributed by atoms with E-state index >= 15 is 0 Å². The molecule has 1 aromatic rings. The Morgan fingerprint density at radius 3 is 2.48 bits per heavy atom. The Morgan fingerprint density at radius 1 is 1.29 bits per heavy atom. The first kappa shape index (κ1) is 17.0. The van der Waals surface area contributed by atoms with Crippen LogP contribution in [0.5, 0.6) is 0 Å². The predicted molar refractivity (Wildman–Crippen MR) is 82.5 cm³/mol. The van der Waals surface area contributed by atoms with Crippen LogP contribution in [-0.4, -0.2) is 35.7 Å². The second kappa shape index (κ2) is 7.08. The lowest BCUT2D eigenvalue weighted by Crippen LogP contribution is -2.48. The molecule has 0 saturated heterocycles. The molecule has 0 fully saturated rings. The van der Waals surface area contributed by atoms with Gasteiger partial charge in [0.2, 0.25) is 0 Å². The molecule has 6 nitrogen and oxygen atoms in total. The van der Waals surface area contributed by atoms with Crippen molar-refractivity contribution in [2.24, 2.45) is 0 Å². The highest BCUT2D eigenvalue weighted by Gasteiger charge is 2.19. The van der Waals surface area contributed by atoms with Crippen LogP contribution in [-0.2, 0) is 0 Å². The Morgan fingerprint density at radius 2 is 1.95 bits per heavy atom. The van der Waals surface area contributed by atoms with Crippen LogP contribution in [0, 0.1) is 6.92 Å². The van der Waals surface area contributed by atoms with Gasteiger partial charge >= 0.3 is 6.03 Å². The lowest BCUT2D eigenvalue weighted by Gasteiger charge is -2.23. The molecular formula is C15H23N3O3. The zero-order valence-corrected chi connectivity index (χ0v) is 12.9. The smallest absolute Gasteiger partial charge is 0.319 e. The number of carbonyl (C=O) groups excluding carboxylic acids is 2. The molecule has 1 aromatic carbocycles. The Balaban J connectivity index is 2.77. The van der Waals surface area contributed by atoms with Crippen molar-refractivity contribution in [2.75, 3.05) is 18.5 Å². The number of benzene rings is 1. The Hall–Kier alpha value is -2.08. The molecule has 0 aliphatic carbocycles. The van der Waals surface area contributed by atoms with Gasteiger partial charge in [-0.05, 0) is 51.5 Å². The zero-order chi connectivity index (χ0) is 16.0. The van der Waals surface area contributed by atoms with Crippen molar-refractivity contribution in [3.8, 4) is 0 Å². The number of aliphatic hydroxyl groups excluding tert-OH is 1. The van der Waals surface area contributed by atoms with Crippen LogP contribution in [0.15, 0.2) is 18.2 Å². The van der Waals surface area contributed by atoms with Gasteiger partial charge in [-0.1, -0.05) is 0 Å². The van der Waals surface area contributed by atoms with Crippen molar-refractivity contribution in [1.29, 1.82) is 0 Å². The Labute approximate surface area is 124 Å². The van der Waals surface area contributed by atoms with E-state index < -0.39 is 11.6 Å². The third-order valence-corrected chi connectivity index (χ3v) is 2.92. The molecular weight excluding hydrogens is 270 g/mol. The van der Waals surface area contributed by atoms with Gasteiger partial charge in [0.1, 0.15) is 0 Å². The minimum atomic E-state index is -0.695. The summed E-state index contributed by atoms with van der Waals surface area (Å²) < 4.78 is 0. The first-order valence-electron chi connectivity index (χ1n) is 6.88. The van der Waals surface area contributed by atoms with Crippen LogP contribution in [0.3, 0.4) is 0 Å². The third kappa shape index (κ3) is 5.07. The van der Waals surface area contributed by atoms with Crippen molar-refractivity contribution in [3.05, 3.63) is 29.3 Å². The average molecular weight is 293 g/mol. The molecule has 0 bridgehead atoms. The molecule has 0 aliphatic heterocycles. The minimum absolute atomic E-state index is 0.141. The summed E-state index contributed by atoms with van der Waals surface area (Å²) in [5, 5.41) is 17.2. The van der Waals surface area contributed by atoms with E-state index in [1.807, 2.05) is 13.8 Å². The van der Waals surface area contributed by atoms with Crippen LogP contribution >= 0.6 is 0 Å². The standard InChI is InChI=1S/C15H23N3O3/c1-5-16-13(20)11-6-7-12(10(2)8-11)17-14(21)18-15(3,4)9-19/h6-8,19H,5,9H2,1-4H3,(H,16,20)(H2,17,18,21). The molecule has 0 unspecified atom stereocenters. The maximum atomic E-state index is 11.8. The molecule has 6 heteroatoms. The van der Waals surface area contributed by atoms with Gasteiger partial charge in [0.15, 0.2) is 0 Å². The van der Waals surface area contributed by atoms with Gasteiger partial charge in [0.05, 0.1) is 12.1 Å². The van der Waals surface area contributed by atoms with E-state index in [0.717, 1.165) is 5.56 Å². The number of anilines is 1. The fourth-order valence-electron chi connectivity index (χ4n) is 1.71. The third-order valence-electron chi connectivity index (χ3n) is 2.92. The molecule has 0 heterocycles. The lowest BCUT2D eigenvalue weighted by atomic mass is 10.1. The second-order valence-electron chi connectivity index (χ2n) is 5.51. The number of hydrogen-bond acceptors (Lipinski definition) is 3. The fraction of sp³-hybridized carbons (Fsp3) is 0.467. The van der Waals surface area contributed by atoms with E-state index in [9.17, 15) is 9.59 Å². The second-order valence-corrected chi connectivity index (χ2v) is 5.51. The molecule has 0 spiro atoms. The molecule has 0 aromatic heterocycles. The van der Waals surface area contributed by atoms with Gasteiger partial charge in [0, 0.05) is 17.8 Å². The lowest BCUT2D eigenvalue weighted by molar-refractivity contribution is 0.0955. The highest BCUT2D eigenvalue weighted by molar-refractivity contribution is 5.96. The molecule has 0 radical (unpaired) electrons.